The number of hydrogen-bond donors (Lipinski definition) is 2. The minimum absolute atomic E-state index is 0.0751. The molecule has 4 rings (SSSR count). The van der Waals surface area contributed by atoms with Crippen LogP contribution in [-0.2, 0) is 11.2 Å². The Kier molecular flexibility index (Phi) is 4.12. The number of aromatic nitrogens is 2. The number of H-pyrrole nitrogens is 1. The zero-order chi connectivity index (χ0) is 17.2. The first-order valence-corrected chi connectivity index (χ1v) is 8.48. The summed E-state index contributed by atoms with van der Waals surface area (Å²) < 4.78 is 0. The summed E-state index contributed by atoms with van der Waals surface area (Å²) in [7, 11) is 0. The molecule has 2 heterocycles. The van der Waals surface area contributed by atoms with Gasteiger partial charge in [0.2, 0.25) is 5.91 Å². The van der Waals surface area contributed by atoms with Crippen LogP contribution in [0.2, 0.25) is 5.02 Å². The number of carbonyl (C=O) groups excluding carboxylic acids is 1. The minimum Gasteiger partial charge on any atom is -0.353 e. The third kappa shape index (κ3) is 3.21. The highest BCUT2D eigenvalue weighted by molar-refractivity contribution is 6.33. The van der Waals surface area contributed by atoms with Crippen molar-refractivity contribution >= 4 is 45.0 Å². The van der Waals surface area contributed by atoms with Gasteiger partial charge in [-0.3, -0.25) is 9.78 Å². The summed E-state index contributed by atoms with van der Waals surface area (Å²) in [6.07, 6.45) is 2.76. The Morgan fingerprint density at radius 1 is 1.04 bits per heavy atom. The molecule has 0 fully saturated rings. The number of fused-ring (bicyclic) bond motifs is 3. The molecule has 1 amide bonds. The number of para-hydroxylation sites is 2. The fourth-order valence-corrected chi connectivity index (χ4v) is 3.13. The maximum atomic E-state index is 12.2. The molecule has 0 saturated heterocycles. The molecule has 0 atom stereocenters. The molecule has 0 aliphatic rings. The van der Waals surface area contributed by atoms with Gasteiger partial charge in [-0.25, -0.2) is 0 Å². The van der Waals surface area contributed by atoms with E-state index >= 15 is 0 Å². The van der Waals surface area contributed by atoms with Crippen molar-refractivity contribution in [2.75, 3.05) is 5.32 Å². The van der Waals surface area contributed by atoms with Crippen LogP contribution in [0.4, 0.5) is 5.69 Å². The smallest absolute Gasteiger partial charge is 0.224 e. The van der Waals surface area contributed by atoms with E-state index in [4.69, 9.17) is 11.6 Å². The quantitative estimate of drug-likeness (QED) is 0.548. The second-order valence-corrected chi connectivity index (χ2v) is 6.33. The molecular formula is C20H16ClN3O. The zero-order valence-corrected chi connectivity index (χ0v) is 14.2. The Balaban J connectivity index is 1.50. The standard InChI is InChI=1S/C20H16ClN3O/c21-16-6-2-4-8-18(16)24-20(25)10-9-13-11-15-14-5-1-3-7-17(14)23-19(15)12-22-13/h1-8,11-12,23H,9-10H2,(H,24,25). The summed E-state index contributed by atoms with van der Waals surface area (Å²) >= 11 is 6.06. The van der Waals surface area contributed by atoms with Gasteiger partial charge in [-0.15, -0.1) is 0 Å². The molecule has 0 radical (unpaired) electrons. The monoisotopic (exact) mass is 349 g/mol. The molecule has 2 aromatic heterocycles. The van der Waals surface area contributed by atoms with Gasteiger partial charge >= 0.3 is 0 Å². The minimum atomic E-state index is -0.0751. The molecular weight excluding hydrogens is 334 g/mol. The van der Waals surface area contributed by atoms with Gasteiger partial charge in [-0.1, -0.05) is 41.9 Å². The molecule has 0 aliphatic carbocycles. The summed E-state index contributed by atoms with van der Waals surface area (Å²) in [5.74, 6) is -0.0751. The van der Waals surface area contributed by atoms with E-state index in [1.165, 1.54) is 5.39 Å². The lowest BCUT2D eigenvalue weighted by molar-refractivity contribution is -0.116. The highest BCUT2D eigenvalue weighted by Gasteiger charge is 2.09. The number of anilines is 1. The summed E-state index contributed by atoms with van der Waals surface area (Å²) in [4.78, 5) is 20.0. The fourth-order valence-electron chi connectivity index (χ4n) is 2.95. The van der Waals surface area contributed by atoms with Gasteiger partial charge in [0.05, 0.1) is 22.4 Å². The van der Waals surface area contributed by atoms with Crippen LogP contribution < -0.4 is 5.32 Å². The second-order valence-electron chi connectivity index (χ2n) is 5.92. The normalized spacial score (nSPS) is 11.1. The van der Waals surface area contributed by atoms with Crippen molar-refractivity contribution in [3.05, 3.63) is 71.5 Å². The van der Waals surface area contributed by atoms with E-state index in [0.717, 1.165) is 22.1 Å². The van der Waals surface area contributed by atoms with Gasteiger partial charge in [0.15, 0.2) is 0 Å². The molecule has 124 valence electrons. The number of nitrogens with one attached hydrogen (secondary N) is 2. The van der Waals surface area contributed by atoms with Crippen LogP contribution in [-0.4, -0.2) is 15.9 Å². The van der Waals surface area contributed by atoms with Gasteiger partial charge < -0.3 is 10.3 Å². The van der Waals surface area contributed by atoms with Crippen molar-refractivity contribution in [3.8, 4) is 0 Å². The van der Waals surface area contributed by atoms with E-state index in [0.29, 0.717) is 23.6 Å². The van der Waals surface area contributed by atoms with E-state index in [-0.39, 0.29) is 5.91 Å². The molecule has 0 saturated carbocycles. The number of hydrogen-bond acceptors (Lipinski definition) is 2. The van der Waals surface area contributed by atoms with Crippen molar-refractivity contribution in [3.63, 3.8) is 0 Å². The Morgan fingerprint density at radius 2 is 1.84 bits per heavy atom. The van der Waals surface area contributed by atoms with Crippen molar-refractivity contribution in [2.45, 2.75) is 12.8 Å². The molecule has 2 N–H and O–H groups in total. The molecule has 5 heteroatoms. The van der Waals surface area contributed by atoms with Gasteiger partial charge in [0.25, 0.3) is 0 Å². The first-order valence-electron chi connectivity index (χ1n) is 8.10. The molecule has 0 bridgehead atoms. The average molecular weight is 350 g/mol. The number of amides is 1. The van der Waals surface area contributed by atoms with Crippen molar-refractivity contribution in [1.82, 2.24) is 9.97 Å². The number of benzene rings is 2. The van der Waals surface area contributed by atoms with Crippen molar-refractivity contribution in [2.24, 2.45) is 0 Å². The highest BCUT2D eigenvalue weighted by Crippen LogP contribution is 2.25. The summed E-state index contributed by atoms with van der Waals surface area (Å²) in [6.45, 7) is 0. The zero-order valence-electron chi connectivity index (χ0n) is 13.4. The Morgan fingerprint density at radius 3 is 2.72 bits per heavy atom. The predicted molar refractivity (Wildman–Crippen MR) is 102 cm³/mol. The summed E-state index contributed by atoms with van der Waals surface area (Å²) in [6, 6.07) is 17.4. The summed E-state index contributed by atoms with van der Waals surface area (Å²) in [5.41, 5.74) is 3.62. The fraction of sp³-hybridized carbons (Fsp3) is 0.100. The van der Waals surface area contributed by atoms with Gasteiger partial charge in [0.1, 0.15) is 0 Å². The highest BCUT2D eigenvalue weighted by atomic mass is 35.5. The largest absolute Gasteiger partial charge is 0.353 e. The van der Waals surface area contributed by atoms with Crippen LogP contribution in [0.5, 0.6) is 0 Å². The van der Waals surface area contributed by atoms with Gasteiger partial charge in [-0.2, -0.15) is 0 Å². The second kappa shape index (κ2) is 6.57. The van der Waals surface area contributed by atoms with Gasteiger partial charge in [0, 0.05) is 28.4 Å². The van der Waals surface area contributed by atoms with E-state index < -0.39 is 0 Å². The van der Waals surface area contributed by atoms with Crippen LogP contribution in [0.1, 0.15) is 12.1 Å². The topological polar surface area (TPSA) is 57.8 Å². The molecule has 0 aliphatic heterocycles. The first kappa shape index (κ1) is 15.7. The van der Waals surface area contributed by atoms with Crippen LogP contribution in [0.15, 0.2) is 60.8 Å². The Labute approximate surface area is 149 Å². The molecule has 25 heavy (non-hydrogen) atoms. The summed E-state index contributed by atoms with van der Waals surface area (Å²) in [5, 5.41) is 5.67. The number of aromatic amines is 1. The lowest BCUT2D eigenvalue weighted by Crippen LogP contribution is -2.12. The van der Waals surface area contributed by atoms with Crippen LogP contribution >= 0.6 is 11.6 Å². The van der Waals surface area contributed by atoms with Crippen LogP contribution in [0.25, 0.3) is 21.8 Å². The Bertz CT molecular complexity index is 1070. The van der Waals surface area contributed by atoms with Crippen LogP contribution in [0.3, 0.4) is 0 Å². The number of rotatable bonds is 4. The average Bonchev–Trinajstić information content (AvgIpc) is 3.00. The Hall–Kier alpha value is -2.85. The molecule has 4 nitrogen and oxygen atoms in total. The molecule has 0 spiro atoms. The van der Waals surface area contributed by atoms with E-state index in [1.54, 1.807) is 12.1 Å². The first-order chi connectivity index (χ1) is 12.2. The molecule has 0 unspecified atom stereocenters. The third-order valence-electron chi connectivity index (χ3n) is 4.20. The lowest BCUT2D eigenvalue weighted by atomic mass is 10.1. The lowest BCUT2D eigenvalue weighted by Gasteiger charge is -2.06. The van der Waals surface area contributed by atoms with Crippen LogP contribution in [0, 0.1) is 0 Å². The van der Waals surface area contributed by atoms with Gasteiger partial charge in [-0.05, 0) is 30.7 Å². The molecule has 4 aromatic rings. The number of pyridine rings is 1. The number of aryl methyl sites for hydroxylation is 1. The number of halogens is 1. The maximum Gasteiger partial charge on any atom is 0.224 e. The predicted octanol–water partition coefficient (Wildman–Crippen LogP) is 4.94. The maximum absolute atomic E-state index is 12.2. The van der Waals surface area contributed by atoms with Crippen molar-refractivity contribution < 1.29 is 4.79 Å². The third-order valence-corrected chi connectivity index (χ3v) is 4.53. The molecule has 2 aromatic carbocycles. The van der Waals surface area contributed by atoms with E-state index in [2.05, 4.69) is 27.4 Å². The SMILES string of the molecule is O=C(CCc1cc2c(cn1)[nH]c1ccccc12)Nc1ccccc1Cl. The van der Waals surface area contributed by atoms with E-state index in [1.807, 2.05) is 36.5 Å². The van der Waals surface area contributed by atoms with Crippen molar-refractivity contribution in [1.29, 1.82) is 0 Å². The number of nitrogens with zero attached hydrogens (tertiary/aromatic N) is 1. The number of carbonyl (C=O) groups is 1. The van der Waals surface area contributed by atoms with E-state index in [9.17, 15) is 4.79 Å².